The molecular weight excluding hydrogens is 256 g/mol. The number of halogens is 1. The molecule has 0 unspecified atom stereocenters. The molecule has 0 saturated heterocycles. The molecule has 0 aromatic heterocycles. The van der Waals surface area contributed by atoms with Crippen molar-refractivity contribution in [2.45, 2.75) is 6.92 Å². The standard InChI is InChI=1S/C13H13ClO4/c1-9(15)18-8-11(13(16)17-2)7-10-5-3-4-6-12(10)14/h3-7H,8H2,1-2H3/b11-7+. The summed E-state index contributed by atoms with van der Waals surface area (Å²) in [5.74, 6) is -1.03. The number of hydrogen-bond acceptors (Lipinski definition) is 4. The number of hydrogen-bond donors (Lipinski definition) is 0. The Bertz CT molecular complexity index is 480. The second kappa shape index (κ2) is 6.81. The number of esters is 2. The van der Waals surface area contributed by atoms with Gasteiger partial charge in [-0.2, -0.15) is 0 Å². The monoisotopic (exact) mass is 268 g/mol. The van der Waals surface area contributed by atoms with Gasteiger partial charge >= 0.3 is 11.9 Å². The predicted molar refractivity (Wildman–Crippen MR) is 68.1 cm³/mol. The van der Waals surface area contributed by atoms with Crippen LogP contribution in [-0.4, -0.2) is 25.7 Å². The highest BCUT2D eigenvalue weighted by atomic mass is 35.5. The Morgan fingerprint density at radius 2 is 2.00 bits per heavy atom. The topological polar surface area (TPSA) is 52.6 Å². The van der Waals surface area contributed by atoms with Gasteiger partial charge in [0.05, 0.1) is 12.7 Å². The summed E-state index contributed by atoms with van der Waals surface area (Å²) >= 11 is 5.97. The van der Waals surface area contributed by atoms with Crippen molar-refractivity contribution in [3.05, 3.63) is 40.4 Å². The van der Waals surface area contributed by atoms with E-state index in [0.29, 0.717) is 10.6 Å². The summed E-state index contributed by atoms with van der Waals surface area (Å²) in [6.07, 6.45) is 1.54. The van der Waals surface area contributed by atoms with Crippen LogP contribution in [0.4, 0.5) is 0 Å². The molecule has 0 aliphatic carbocycles. The normalized spacial score (nSPS) is 10.9. The summed E-state index contributed by atoms with van der Waals surface area (Å²) in [6.45, 7) is 1.12. The number of carbonyl (C=O) groups is 2. The lowest BCUT2D eigenvalue weighted by Crippen LogP contribution is -2.12. The maximum absolute atomic E-state index is 11.5. The summed E-state index contributed by atoms with van der Waals surface area (Å²) in [7, 11) is 1.26. The maximum atomic E-state index is 11.5. The molecule has 0 atom stereocenters. The van der Waals surface area contributed by atoms with Crippen molar-refractivity contribution in [2.75, 3.05) is 13.7 Å². The number of rotatable bonds is 4. The molecule has 0 fully saturated rings. The Morgan fingerprint density at radius 3 is 2.56 bits per heavy atom. The summed E-state index contributed by atoms with van der Waals surface area (Å²) in [5.41, 5.74) is 0.882. The van der Waals surface area contributed by atoms with E-state index in [0.717, 1.165) is 0 Å². The van der Waals surface area contributed by atoms with Gasteiger partial charge in [0, 0.05) is 11.9 Å². The third-order valence-corrected chi connectivity index (χ3v) is 2.46. The Morgan fingerprint density at radius 1 is 1.33 bits per heavy atom. The fraction of sp³-hybridized carbons (Fsp3) is 0.231. The lowest BCUT2D eigenvalue weighted by molar-refractivity contribution is -0.141. The van der Waals surface area contributed by atoms with Crippen LogP contribution in [0.25, 0.3) is 6.08 Å². The zero-order valence-electron chi connectivity index (χ0n) is 10.1. The van der Waals surface area contributed by atoms with Crippen LogP contribution in [0.2, 0.25) is 5.02 Å². The van der Waals surface area contributed by atoms with Crippen molar-refractivity contribution in [3.63, 3.8) is 0 Å². The van der Waals surface area contributed by atoms with Gasteiger partial charge in [-0.1, -0.05) is 29.8 Å². The molecular formula is C13H13ClO4. The fourth-order valence-corrected chi connectivity index (χ4v) is 1.44. The molecule has 1 rings (SSSR count). The molecule has 0 spiro atoms. The van der Waals surface area contributed by atoms with E-state index >= 15 is 0 Å². The second-order valence-electron chi connectivity index (χ2n) is 3.46. The lowest BCUT2D eigenvalue weighted by Gasteiger charge is -2.06. The molecule has 5 heteroatoms. The van der Waals surface area contributed by atoms with E-state index in [-0.39, 0.29) is 12.2 Å². The predicted octanol–water partition coefficient (Wildman–Crippen LogP) is 2.46. The van der Waals surface area contributed by atoms with Crippen LogP contribution < -0.4 is 0 Å². The SMILES string of the molecule is COC(=O)/C(=C/c1ccccc1Cl)COC(C)=O. The summed E-state index contributed by atoms with van der Waals surface area (Å²) in [5, 5.41) is 0.502. The molecule has 18 heavy (non-hydrogen) atoms. The van der Waals surface area contributed by atoms with E-state index in [1.807, 2.05) is 0 Å². The fourth-order valence-electron chi connectivity index (χ4n) is 1.25. The third kappa shape index (κ3) is 4.22. The van der Waals surface area contributed by atoms with Gasteiger partial charge in [0.25, 0.3) is 0 Å². The molecule has 0 aliphatic heterocycles. The van der Waals surface area contributed by atoms with E-state index in [1.165, 1.54) is 20.1 Å². The minimum absolute atomic E-state index is 0.146. The van der Waals surface area contributed by atoms with Gasteiger partial charge in [0.15, 0.2) is 0 Å². The molecule has 0 N–H and O–H groups in total. The molecule has 0 heterocycles. The van der Waals surface area contributed by atoms with Gasteiger partial charge in [-0.25, -0.2) is 4.79 Å². The van der Waals surface area contributed by atoms with E-state index < -0.39 is 11.9 Å². The zero-order chi connectivity index (χ0) is 13.5. The minimum Gasteiger partial charge on any atom is -0.466 e. The van der Waals surface area contributed by atoms with Crippen molar-refractivity contribution < 1.29 is 19.1 Å². The lowest BCUT2D eigenvalue weighted by atomic mass is 10.1. The Hall–Kier alpha value is -1.81. The maximum Gasteiger partial charge on any atom is 0.337 e. The van der Waals surface area contributed by atoms with Crippen molar-refractivity contribution in [2.24, 2.45) is 0 Å². The average molecular weight is 269 g/mol. The first kappa shape index (κ1) is 14.3. The smallest absolute Gasteiger partial charge is 0.337 e. The summed E-state index contributed by atoms with van der Waals surface area (Å²) in [4.78, 5) is 22.3. The van der Waals surface area contributed by atoms with Crippen LogP contribution in [0.5, 0.6) is 0 Å². The Labute approximate surface area is 110 Å². The third-order valence-electron chi connectivity index (χ3n) is 2.11. The van der Waals surface area contributed by atoms with E-state index in [4.69, 9.17) is 16.3 Å². The molecule has 0 aliphatic rings. The zero-order valence-corrected chi connectivity index (χ0v) is 10.9. The number of benzene rings is 1. The second-order valence-corrected chi connectivity index (χ2v) is 3.87. The molecule has 0 amide bonds. The summed E-state index contributed by atoms with van der Waals surface area (Å²) in [6, 6.07) is 7.02. The van der Waals surface area contributed by atoms with Crippen LogP contribution in [0.15, 0.2) is 29.8 Å². The highest BCUT2D eigenvalue weighted by molar-refractivity contribution is 6.32. The van der Waals surface area contributed by atoms with E-state index in [2.05, 4.69) is 4.74 Å². The number of ether oxygens (including phenoxy) is 2. The Balaban J connectivity index is 2.98. The molecule has 0 radical (unpaired) electrons. The van der Waals surface area contributed by atoms with Crippen LogP contribution in [0.3, 0.4) is 0 Å². The van der Waals surface area contributed by atoms with Gasteiger partial charge in [-0.15, -0.1) is 0 Å². The van der Waals surface area contributed by atoms with Gasteiger partial charge in [-0.3, -0.25) is 4.79 Å². The van der Waals surface area contributed by atoms with Gasteiger partial charge in [0.1, 0.15) is 6.61 Å². The number of methoxy groups -OCH3 is 1. The van der Waals surface area contributed by atoms with Crippen molar-refractivity contribution in [3.8, 4) is 0 Å². The van der Waals surface area contributed by atoms with E-state index in [1.54, 1.807) is 24.3 Å². The molecule has 0 bridgehead atoms. The minimum atomic E-state index is -0.559. The van der Waals surface area contributed by atoms with Crippen molar-refractivity contribution in [1.82, 2.24) is 0 Å². The molecule has 4 nitrogen and oxygen atoms in total. The van der Waals surface area contributed by atoms with Crippen molar-refractivity contribution in [1.29, 1.82) is 0 Å². The van der Waals surface area contributed by atoms with Gasteiger partial charge < -0.3 is 9.47 Å². The largest absolute Gasteiger partial charge is 0.466 e. The first-order valence-electron chi connectivity index (χ1n) is 5.21. The first-order valence-corrected chi connectivity index (χ1v) is 5.59. The molecule has 96 valence electrons. The number of carbonyl (C=O) groups excluding carboxylic acids is 2. The molecule has 1 aromatic rings. The van der Waals surface area contributed by atoms with Crippen LogP contribution in [0, 0.1) is 0 Å². The van der Waals surface area contributed by atoms with Gasteiger partial charge in [0.2, 0.25) is 0 Å². The van der Waals surface area contributed by atoms with Crippen LogP contribution in [-0.2, 0) is 19.1 Å². The quantitative estimate of drug-likeness (QED) is 0.622. The molecule has 0 saturated carbocycles. The van der Waals surface area contributed by atoms with Crippen LogP contribution >= 0.6 is 11.6 Å². The average Bonchev–Trinajstić information content (AvgIpc) is 2.35. The first-order chi connectivity index (χ1) is 8.54. The van der Waals surface area contributed by atoms with Gasteiger partial charge in [-0.05, 0) is 17.7 Å². The van der Waals surface area contributed by atoms with E-state index in [9.17, 15) is 9.59 Å². The Kier molecular flexibility index (Phi) is 5.39. The molecule has 1 aromatic carbocycles. The highest BCUT2D eigenvalue weighted by Crippen LogP contribution is 2.18. The van der Waals surface area contributed by atoms with Crippen LogP contribution in [0.1, 0.15) is 12.5 Å². The van der Waals surface area contributed by atoms with Crippen molar-refractivity contribution >= 4 is 29.6 Å². The summed E-state index contributed by atoms with van der Waals surface area (Å²) < 4.78 is 9.40. The highest BCUT2D eigenvalue weighted by Gasteiger charge is 2.12.